The van der Waals surface area contributed by atoms with Crippen LogP contribution in [0.3, 0.4) is 0 Å². The van der Waals surface area contributed by atoms with E-state index in [2.05, 4.69) is 9.78 Å². The van der Waals surface area contributed by atoms with Crippen LogP contribution in [0.2, 0.25) is 0 Å². The highest BCUT2D eigenvalue weighted by molar-refractivity contribution is 5.07. The SMILES string of the molecule is NC1CCC(F)(Cc2ccn(C3CCCCC3)n2)C1. The maximum atomic E-state index is 14.6. The summed E-state index contributed by atoms with van der Waals surface area (Å²) in [5, 5.41) is 4.60. The van der Waals surface area contributed by atoms with Crippen molar-refractivity contribution in [3.05, 3.63) is 18.0 Å². The molecule has 3 rings (SSSR count). The largest absolute Gasteiger partial charge is 0.328 e. The van der Waals surface area contributed by atoms with Crippen LogP contribution in [0.25, 0.3) is 0 Å². The molecule has 2 N–H and O–H groups in total. The molecule has 2 saturated carbocycles. The number of hydrogen-bond donors (Lipinski definition) is 1. The third kappa shape index (κ3) is 2.99. The molecule has 2 aliphatic carbocycles. The number of halogens is 1. The molecule has 0 radical (unpaired) electrons. The first-order valence-electron chi connectivity index (χ1n) is 7.63. The van der Waals surface area contributed by atoms with Crippen molar-refractivity contribution in [2.45, 2.75) is 75.5 Å². The molecule has 0 aromatic carbocycles. The monoisotopic (exact) mass is 265 g/mol. The summed E-state index contributed by atoms with van der Waals surface area (Å²) in [5.41, 5.74) is 5.59. The molecule has 0 aliphatic heterocycles. The van der Waals surface area contributed by atoms with Crippen LogP contribution in [-0.4, -0.2) is 21.5 Å². The lowest BCUT2D eigenvalue weighted by molar-refractivity contribution is 0.168. The van der Waals surface area contributed by atoms with Crippen LogP contribution in [0.1, 0.15) is 63.1 Å². The van der Waals surface area contributed by atoms with Gasteiger partial charge in [-0.1, -0.05) is 19.3 Å². The topological polar surface area (TPSA) is 43.8 Å². The standard InChI is InChI=1S/C15H24FN3/c16-15(8-6-12(17)10-15)11-13-7-9-19(18-13)14-4-2-1-3-5-14/h7,9,12,14H,1-6,8,10-11,17H2. The van der Waals surface area contributed by atoms with Gasteiger partial charge in [-0.15, -0.1) is 0 Å². The summed E-state index contributed by atoms with van der Waals surface area (Å²) in [6.07, 6.45) is 10.7. The average Bonchev–Trinajstić information content (AvgIpc) is 2.98. The van der Waals surface area contributed by atoms with E-state index in [-0.39, 0.29) is 6.04 Å². The molecule has 2 fully saturated rings. The number of nitrogens with zero attached hydrogens (tertiary/aromatic N) is 2. The van der Waals surface area contributed by atoms with Gasteiger partial charge in [0.25, 0.3) is 0 Å². The van der Waals surface area contributed by atoms with Gasteiger partial charge in [-0.05, 0) is 38.2 Å². The third-order valence-electron chi connectivity index (χ3n) is 4.70. The van der Waals surface area contributed by atoms with Gasteiger partial charge in [-0.2, -0.15) is 5.10 Å². The van der Waals surface area contributed by atoms with Crippen LogP contribution in [0.5, 0.6) is 0 Å². The molecule has 2 unspecified atom stereocenters. The minimum atomic E-state index is -1.12. The van der Waals surface area contributed by atoms with Gasteiger partial charge in [0, 0.05) is 18.7 Å². The van der Waals surface area contributed by atoms with Crippen molar-refractivity contribution < 1.29 is 4.39 Å². The first kappa shape index (κ1) is 13.1. The van der Waals surface area contributed by atoms with Crippen LogP contribution in [0.15, 0.2) is 12.3 Å². The lowest BCUT2D eigenvalue weighted by Gasteiger charge is -2.22. The van der Waals surface area contributed by atoms with Gasteiger partial charge in [0.1, 0.15) is 5.67 Å². The molecule has 4 heteroatoms. The molecule has 1 heterocycles. The molecule has 0 saturated heterocycles. The molecular weight excluding hydrogens is 241 g/mol. The van der Waals surface area contributed by atoms with Gasteiger partial charge in [-0.3, -0.25) is 4.68 Å². The van der Waals surface area contributed by atoms with Crippen molar-refractivity contribution >= 4 is 0 Å². The Hall–Kier alpha value is -0.900. The van der Waals surface area contributed by atoms with Crippen molar-refractivity contribution in [1.29, 1.82) is 0 Å². The highest BCUT2D eigenvalue weighted by Gasteiger charge is 2.38. The summed E-state index contributed by atoms with van der Waals surface area (Å²) in [7, 11) is 0. The molecule has 0 amide bonds. The second-order valence-electron chi connectivity index (χ2n) is 6.41. The Morgan fingerprint density at radius 3 is 2.79 bits per heavy atom. The molecule has 2 atom stereocenters. The molecule has 3 nitrogen and oxygen atoms in total. The van der Waals surface area contributed by atoms with Gasteiger partial charge in [0.15, 0.2) is 0 Å². The fourth-order valence-electron chi connectivity index (χ4n) is 3.62. The van der Waals surface area contributed by atoms with E-state index in [0.29, 0.717) is 25.3 Å². The van der Waals surface area contributed by atoms with E-state index >= 15 is 0 Å². The molecule has 1 aromatic heterocycles. The lowest BCUT2D eigenvalue weighted by atomic mass is 9.96. The second kappa shape index (κ2) is 5.23. The maximum absolute atomic E-state index is 14.6. The highest BCUT2D eigenvalue weighted by atomic mass is 19.1. The van der Waals surface area contributed by atoms with Crippen molar-refractivity contribution in [1.82, 2.24) is 9.78 Å². The Labute approximate surface area is 114 Å². The van der Waals surface area contributed by atoms with Crippen molar-refractivity contribution in [2.24, 2.45) is 5.73 Å². The number of rotatable bonds is 3. The Morgan fingerprint density at radius 2 is 2.11 bits per heavy atom. The molecule has 2 aliphatic rings. The quantitative estimate of drug-likeness (QED) is 0.912. The molecule has 0 bridgehead atoms. The number of hydrogen-bond acceptors (Lipinski definition) is 2. The van der Waals surface area contributed by atoms with Crippen molar-refractivity contribution in [2.75, 3.05) is 0 Å². The predicted molar refractivity (Wildman–Crippen MR) is 73.7 cm³/mol. The summed E-state index contributed by atoms with van der Waals surface area (Å²) < 4.78 is 16.6. The molecule has 19 heavy (non-hydrogen) atoms. The predicted octanol–water partition coefficient (Wildman–Crippen LogP) is 3.15. The zero-order chi connectivity index (χ0) is 13.3. The highest BCUT2D eigenvalue weighted by Crippen LogP contribution is 2.36. The van der Waals surface area contributed by atoms with Crippen LogP contribution < -0.4 is 5.73 Å². The molecule has 1 aromatic rings. The van der Waals surface area contributed by atoms with Gasteiger partial charge in [0.05, 0.1) is 11.7 Å². The third-order valence-corrected chi connectivity index (χ3v) is 4.70. The maximum Gasteiger partial charge on any atom is 0.118 e. The van der Waals surface area contributed by atoms with Crippen LogP contribution >= 0.6 is 0 Å². The zero-order valence-electron chi connectivity index (χ0n) is 11.5. The van der Waals surface area contributed by atoms with Crippen molar-refractivity contribution in [3.63, 3.8) is 0 Å². The minimum absolute atomic E-state index is 0.0328. The zero-order valence-corrected chi connectivity index (χ0v) is 11.5. The first-order valence-corrected chi connectivity index (χ1v) is 7.63. The Balaban J connectivity index is 1.64. The smallest absolute Gasteiger partial charge is 0.118 e. The lowest BCUT2D eigenvalue weighted by Crippen LogP contribution is -2.26. The van der Waals surface area contributed by atoms with E-state index in [9.17, 15) is 4.39 Å². The molecule has 106 valence electrons. The number of alkyl halides is 1. The summed E-state index contributed by atoms with van der Waals surface area (Å²) >= 11 is 0. The normalized spacial score (nSPS) is 32.8. The van der Waals surface area contributed by atoms with Crippen LogP contribution in [0, 0.1) is 0 Å². The van der Waals surface area contributed by atoms with E-state index in [1.165, 1.54) is 32.1 Å². The second-order valence-corrected chi connectivity index (χ2v) is 6.41. The number of aromatic nitrogens is 2. The summed E-state index contributed by atoms with van der Waals surface area (Å²) in [6.45, 7) is 0. The molecular formula is C15H24FN3. The fraction of sp³-hybridized carbons (Fsp3) is 0.800. The van der Waals surface area contributed by atoms with Gasteiger partial charge in [0.2, 0.25) is 0 Å². The van der Waals surface area contributed by atoms with Gasteiger partial charge < -0.3 is 5.73 Å². The minimum Gasteiger partial charge on any atom is -0.328 e. The summed E-state index contributed by atoms with van der Waals surface area (Å²) in [6, 6.07) is 2.55. The van der Waals surface area contributed by atoms with Crippen LogP contribution in [-0.2, 0) is 6.42 Å². The summed E-state index contributed by atoms with van der Waals surface area (Å²) in [4.78, 5) is 0. The van der Waals surface area contributed by atoms with E-state index in [1.54, 1.807) is 0 Å². The first-order chi connectivity index (χ1) is 9.15. The fourth-order valence-corrected chi connectivity index (χ4v) is 3.62. The molecule has 0 spiro atoms. The Kier molecular flexibility index (Phi) is 3.61. The van der Waals surface area contributed by atoms with E-state index in [0.717, 1.165) is 12.1 Å². The van der Waals surface area contributed by atoms with E-state index < -0.39 is 5.67 Å². The number of nitrogens with two attached hydrogens (primary N) is 1. The van der Waals surface area contributed by atoms with E-state index in [4.69, 9.17) is 5.73 Å². The average molecular weight is 265 g/mol. The van der Waals surface area contributed by atoms with Crippen molar-refractivity contribution in [3.8, 4) is 0 Å². The summed E-state index contributed by atoms with van der Waals surface area (Å²) in [5.74, 6) is 0. The van der Waals surface area contributed by atoms with E-state index in [1.807, 2.05) is 12.3 Å². The van der Waals surface area contributed by atoms with Gasteiger partial charge in [-0.25, -0.2) is 4.39 Å². The van der Waals surface area contributed by atoms with Gasteiger partial charge >= 0.3 is 0 Å². The Morgan fingerprint density at radius 1 is 1.32 bits per heavy atom. The Bertz CT molecular complexity index is 425. The van der Waals surface area contributed by atoms with Crippen LogP contribution in [0.4, 0.5) is 4.39 Å².